The van der Waals surface area contributed by atoms with Gasteiger partial charge in [0, 0.05) is 25.4 Å². The van der Waals surface area contributed by atoms with Gasteiger partial charge in [-0.05, 0) is 23.8 Å². The van der Waals surface area contributed by atoms with Gasteiger partial charge in [0.05, 0.1) is 0 Å². The highest BCUT2D eigenvalue weighted by molar-refractivity contribution is 5.89. The number of rotatable bonds is 5. The van der Waals surface area contributed by atoms with Gasteiger partial charge in [0.1, 0.15) is 0 Å². The predicted octanol–water partition coefficient (Wildman–Crippen LogP) is 2.43. The molecule has 0 radical (unpaired) electrons. The molecule has 1 aromatic carbocycles. The molecule has 5 nitrogen and oxygen atoms in total. The maximum absolute atomic E-state index is 11.7. The van der Waals surface area contributed by atoms with Gasteiger partial charge in [-0.1, -0.05) is 18.2 Å². The Bertz CT molecular complexity index is 492. The normalized spacial score (nSPS) is 10.2. The SMILES string of the molecule is C=CCN(C)C(=O)Nc1ccc(/C=C/C(=O)O)cc1. The first-order valence-electron chi connectivity index (χ1n) is 5.67. The Morgan fingerprint density at radius 2 is 2.00 bits per heavy atom. The summed E-state index contributed by atoms with van der Waals surface area (Å²) in [5, 5.41) is 11.2. The summed E-state index contributed by atoms with van der Waals surface area (Å²) in [6.45, 7) is 4.02. The van der Waals surface area contributed by atoms with Crippen LogP contribution in [0.3, 0.4) is 0 Å². The fourth-order valence-electron chi connectivity index (χ4n) is 1.34. The summed E-state index contributed by atoms with van der Waals surface area (Å²) in [5.41, 5.74) is 1.40. The summed E-state index contributed by atoms with van der Waals surface area (Å²) in [6, 6.07) is 6.64. The summed E-state index contributed by atoms with van der Waals surface area (Å²) in [5.74, 6) is -0.997. The molecule has 2 N–H and O–H groups in total. The van der Waals surface area contributed by atoms with Gasteiger partial charge < -0.3 is 15.3 Å². The molecule has 0 atom stereocenters. The number of carbonyl (C=O) groups is 2. The fourth-order valence-corrected chi connectivity index (χ4v) is 1.34. The number of urea groups is 1. The van der Waals surface area contributed by atoms with E-state index in [0.717, 1.165) is 11.6 Å². The molecule has 19 heavy (non-hydrogen) atoms. The minimum atomic E-state index is -0.997. The Morgan fingerprint density at radius 3 is 2.53 bits per heavy atom. The van der Waals surface area contributed by atoms with E-state index in [4.69, 9.17) is 5.11 Å². The molecule has 0 heterocycles. The number of nitrogens with zero attached hydrogens (tertiary/aromatic N) is 1. The van der Waals surface area contributed by atoms with Gasteiger partial charge in [-0.25, -0.2) is 9.59 Å². The van der Waals surface area contributed by atoms with Crippen molar-refractivity contribution < 1.29 is 14.7 Å². The molecule has 0 spiro atoms. The second-order valence-corrected chi connectivity index (χ2v) is 3.89. The number of amides is 2. The second kappa shape index (κ2) is 7.00. The third-order valence-corrected chi connectivity index (χ3v) is 2.33. The Labute approximate surface area is 111 Å². The van der Waals surface area contributed by atoms with Gasteiger partial charge in [0.15, 0.2) is 0 Å². The average molecular weight is 260 g/mol. The Balaban J connectivity index is 2.64. The zero-order valence-corrected chi connectivity index (χ0v) is 10.7. The summed E-state index contributed by atoms with van der Waals surface area (Å²) in [4.78, 5) is 23.5. The summed E-state index contributed by atoms with van der Waals surface area (Å²) >= 11 is 0. The van der Waals surface area contributed by atoms with Gasteiger partial charge >= 0.3 is 12.0 Å². The van der Waals surface area contributed by atoms with Crippen molar-refractivity contribution in [2.24, 2.45) is 0 Å². The van der Waals surface area contributed by atoms with Crippen LogP contribution in [-0.4, -0.2) is 35.6 Å². The highest BCUT2D eigenvalue weighted by Crippen LogP contribution is 2.11. The van der Waals surface area contributed by atoms with Crippen LogP contribution >= 0.6 is 0 Å². The van der Waals surface area contributed by atoms with E-state index >= 15 is 0 Å². The van der Waals surface area contributed by atoms with Crippen molar-refractivity contribution in [3.05, 3.63) is 48.6 Å². The largest absolute Gasteiger partial charge is 0.478 e. The van der Waals surface area contributed by atoms with Crippen molar-refractivity contribution in [3.63, 3.8) is 0 Å². The molecule has 0 unspecified atom stereocenters. The molecule has 0 aliphatic heterocycles. The quantitative estimate of drug-likeness (QED) is 0.631. The van der Waals surface area contributed by atoms with Crippen molar-refractivity contribution in [2.45, 2.75) is 0 Å². The van der Waals surface area contributed by atoms with Crippen LogP contribution in [0.15, 0.2) is 43.0 Å². The molecule has 5 heteroatoms. The van der Waals surface area contributed by atoms with E-state index in [1.165, 1.54) is 11.0 Å². The summed E-state index contributed by atoms with van der Waals surface area (Å²) in [7, 11) is 1.67. The number of benzene rings is 1. The molecule has 0 aromatic heterocycles. The summed E-state index contributed by atoms with van der Waals surface area (Å²) in [6.07, 6.45) is 4.18. The molecule has 0 bridgehead atoms. The van der Waals surface area contributed by atoms with Crippen LogP contribution in [-0.2, 0) is 4.79 Å². The summed E-state index contributed by atoms with van der Waals surface area (Å²) < 4.78 is 0. The molecule has 0 aliphatic carbocycles. The number of carbonyl (C=O) groups excluding carboxylic acids is 1. The van der Waals surface area contributed by atoms with E-state index < -0.39 is 5.97 Å². The van der Waals surface area contributed by atoms with Crippen molar-refractivity contribution in [1.29, 1.82) is 0 Å². The minimum absolute atomic E-state index is 0.228. The van der Waals surface area contributed by atoms with Gasteiger partial charge in [0.2, 0.25) is 0 Å². The topological polar surface area (TPSA) is 69.6 Å². The van der Waals surface area contributed by atoms with Crippen LogP contribution in [0.4, 0.5) is 10.5 Å². The lowest BCUT2D eigenvalue weighted by atomic mass is 10.2. The van der Waals surface area contributed by atoms with Crippen molar-refractivity contribution in [3.8, 4) is 0 Å². The smallest absolute Gasteiger partial charge is 0.328 e. The van der Waals surface area contributed by atoms with Crippen LogP contribution in [0.1, 0.15) is 5.56 Å². The van der Waals surface area contributed by atoms with E-state index in [9.17, 15) is 9.59 Å². The third kappa shape index (κ3) is 5.08. The van der Waals surface area contributed by atoms with Crippen LogP contribution in [0.5, 0.6) is 0 Å². The molecule has 1 aromatic rings. The van der Waals surface area contributed by atoms with E-state index in [2.05, 4.69) is 11.9 Å². The maximum atomic E-state index is 11.7. The lowest BCUT2D eigenvalue weighted by molar-refractivity contribution is -0.131. The average Bonchev–Trinajstić information content (AvgIpc) is 2.38. The number of hydrogen-bond donors (Lipinski definition) is 2. The fraction of sp³-hybridized carbons (Fsp3) is 0.143. The number of anilines is 1. The van der Waals surface area contributed by atoms with Crippen LogP contribution in [0.2, 0.25) is 0 Å². The van der Waals surface area contributed by atoms with Crippen LogP contribution in [0, 0.1) is 0 Å². The predicted molar refractivity (Wildman–Crippen MR) is 75.0 cm³/mol. The number of carboxylic acids is 1. The monoisotopic (exact) mass is 260 g/mol. The molecule has 1 rings (SSSR count). The molecular formula is C14H16N2O3. The number of likely N-dealkylation sites (N-methyl/N-ethyl adjacent to an activating group) is 1. The first kappa shape index (κ1) is 14.5. The number of hydrogen-bond acceptors (Lipinski definition) is 2. The molecule has 0 aliphatic rings. The molecule has 0 saturated heterocycles. The van der Waals surface area contributed by atoms with Gasteiger partial charge in [-0.15, -0.1) is 6.58 Å². The number of aliphatic carboxylic acids is 1. The van der Waals surface area contributed by atoms with Gasteiger partial charge in [-0.3, -0.25) is 0 Å². The van der Waals surface area contributed by atoms with Crippen molar-refractivity contribution in [2.75, 3.05) is 18.9 Å². The molecule has 2 amide bonds. The highest BCUT2D eigenvalue weighted by Gasteiger charge is 2.06. The van der Waals surface area contributed by atoms with E-state index in [1.807, 2.05) is 0 Å². The van der Waals surface area contributed by atoms with Crippen LogP contribution in [0.25, 0.3) is 6.08 Å². The van der Waals surface area contributed by atoms with E-state index in [-0.39, 0.29) is 6.03 Å². The van der Waals surface area contributed by atoms with Gasteiger partial charge in [0.25, 0.3) is 0 Å². The lowest BCUT2D eigenvalue weighted by Crippen LogP contribution is -2.31. The lowest BCUT2D eigenvalue weighted by Gasteiger charge is -2.15. The van der Waals surface area contributed by atoms with Gasteiger partial charge in [-0.2, -0.15) is 0 Å². The standard InChI is InChI=1S/C14H16N2O3/c1-3-10-16(2)14(19)15-12-7-4-11(5-8-12)6-9-13(17)18/h3-9H,1,10H2,2H3,(H,15,19)(H,17,18)/b9-6+. The second-order valence-electron chi connectivity index (χ2n) is 3.89. The van der Waals surface area contributed by atoms with E-state index in [0.29, 0.717) is 12.2 Å². The first-order valence-corrected chi connectivity index (χ1v) is 5.67. The Kier molecular flexibility index (Phi) is 5.35. The molecular weight excluding hydrogens is 244 g/mol. The van der Waals surface area contributed by atoms with Crippen molar-refractivity contribution in [1.82, 2.24) is 4.90 Å². The molecule has 0 saturated carbocycles. The zero-order chi connectivity index (χ0) is 14.3. The number of carboxylic acid groups (broad SMARTS) is 1. The zero-order valence-electron chi connectivity index (χ0n) is 10.7. The van der Waals surface area contributed by atoms with Crippen molar-refractivity contribution >= 4 is 23.8 Å². The minimum Gasteiger partial charge on any atom is -0.478 e. The Hall–Kier alpha value is -2.56. The molecule has 100 valence electrons. The number of nitrogens with one attached hydrogen (secondary N) is 1. The highest BCUT2D eigenvalue weighted by atomic mass is 16.4. The maximum Gasteiger partial charge on any atom is 0.328 e. The van der Waals surface area contributed by atoms with E-state index in [1.54, 1.807) is 37.4 Å². The first-order chi connectivity index (χ1) is 9.02. The third-order valence-electron chi connectivity index (χ3n) is 2.33. The Morgan fingerprint density at radius 1 is 1.37 bits per heavy atom. The van der Waals surface area contributed by atoms with Crippen LogP contribution < -0.4 is 5.32 Å². The molecule has 0 fully saturated rings.